The molecular formula is C18H18F3IN4OS. The van der Waals surface area contributed by atoms with Gasteiger partial charge in [-0.2, -0.15) is 13.2 Å². The highest BCUT2D eigenvalue weighted by Gasteiger charge is 2.30. The largest absolute Gasteiger partial charge is 0.443 e. The van der Waals surface area contributed by atoms with Crippen molar-refractivity contribution in [3.8, 4) is 10.8 Å². The average Bonchev–Trinajstić information content (AvgIpc) is 3.33. The Morgan fingerprint density at radius 3 is 2.64 bits per heavy atom. The highest BCUT2D eigenvalue weighted by molar-refractivity contribution is 14.0. The van der Waals surface area contributed by atoms with Crippen molar-refractivity contribution in [2.45, 2.75) is 19.3 Å². The molecule has 0 amide bonds. The fourth-order valence-electron chi connectivity index (χ4n) is 2.34. The molecule has 10 heteroatoms. The Labute approximate surface area is 181 Å². The van der Waals surface area contributed by atoms with Gasteiger partial charge in [0.05, 0.1) is 22.7 Å². The first kappa shape index (κ1) is 22.2. The summed E-state index contributed by atoms with van der Waals surface area (Å²) in [7, 11) is 1.58. The highest BCUT2D eigenvalue weighted by atomic mass is 127. The Kier molecular flexibility index (Phi) is 7.87. The molecule has 2 aromatic heterocycles. The molecule has 0 spiro atoms. The first-order chi connectivity index (χ1) is 13.0. The number of aromatic nitrogens is 1. The number of guanidine groups is 1. The number of thiophene rings is 1. The third-order valence-electron chi connectivity index (χ3n) is 3.66. The van der Waals surface area contributed by atoms with E-state index in [9.17, 15) is 13.2 Å². The summed E-state index contributed by atoms with van der Waals surface area (Å²) in [6.07, 6.45) is -2.80. The molecule has 5 nitrogen and oxygen atoms in total. The van der Waals surface area contributed by atoms with Crippen LogP contribution >= 0.6 is 35.3 Å². The minimum atomic E-state index is -4.36. The van der Waals surface area contributed by atoms with Gasteiger partial charge in [-0.3, -0.25) is 4.99 Å². The molecule has 0 radical (unpaired) electrons. The van der Waals surface area contributed by atoms with Gasteiger partial charge in [-0.15, -0.1) is 35.3 Å². The first-order valence-electron chi connectivity index (χ1n) is 8.04. The van der Waals surface area contributed by atoms with Gasteiger partial charge in [0.15, 0.2) is 5.96 Å². The topological polar surface area (TPSA) is 62.5 Å². The zero-order chi connectivity index (χ0) is 19.3. The lowest BCUT2D eigenvalue weighted by molar-refractivity contribution is -0.137. The summed E-state index contributed by atoms with van der Waals surface area (Å²) >= 11 is 1.53. The molecule has 0 saturated carbocycles. The van der Waals surface area contributed by atoms with E-state index in [-0.39, 0.29) is 30.5 Å². The van der Waals surface area contributed by atoms with Crippen molar-refractivity contribution in [3.63, 3.8) is 0 Å². The molecule has 0 aliphatic rings. The summed E-state index contributed by atoms with van der Waals surface area (Å²) in [5.74, 6) is 1.00. The van der Waals surface area contributed by atoms with E-state index in [4.69, 9.17) is 4.42 Å². The molecule has 2 heterocycles. The van der Waals surface area contributed by atoms with Gasteiger partial charge in [0.2, 0.25) is 5.89 Å². The van der Waals surface area contributed by atoms with Crippen LogP contribution in [0.2, 0.25) is 0 Å². The SMILES string of the molecule is CN=C(NCc1cccc(C(F)(F)F)c1)NCc1coc(-c2cccs2)n1.I. The van der Waals surface area contributed by atoms with Gasteiger partial charge in [-0.25, -0.2) is 4.98 Å². The molecule has 0 bridgehead atoms. The maximum Gasteiger partial charge on any atom is 0.416 e. The molecule has 0 saturated heterocycles. The van der Waals surface area contributed by atoms with Crippen LogP contribution in [0.5, 0.6) is 0 Å². The van der Waals surface area contributed by atoms with Gasteiger partial charge in [0.25, 0.3) is 0 Å². The highest BCUT2D eigenvalue weighted by Crippen LogP contribution is 2.29. The van der Waals surface area contributed by atoms with Crippen LogP contribution < -0.4 is 10.6 Å². The molecule has 0 unspecified atom stereocenters. The van der Waals surface area contributed by atoms with E-state index in [1.165, 1.54) is 17.4 Å². The van der Waals surface area contributed by atoms with Crippen LogP contribution in [0.15, 0.2) is 57.5 Å². The molecule has 3 rings (SSSR count). The van der Waals surface area contributed by atoms with Crippen molar-refractivity contribution < 1.29 is 17.6 Å². The normalized spacial score (nSPS) is 11.8. The van der Waals surface area contributed by atoms with Crippen molar-refractivity contribution in [1.82, 2.24) is 15.6 Å². The number of halogens is 4. The number of alkyl halides is 3. The van der Waals surface area contributed by atoms with E-state index in [1.54, 1.807) is 19.4 Å². The van der Waals surface area contributed by atoms with Crippen molar-refractivity contribution in [3.05, 3.63) is 64.9 Å². The predicted molar refractivity (Wildman–Crippen MR) is 114 cm³/mol. The quantitative estimate of drug-likeness (QED) is 0.284. The van der Waals surface area contributed by atoms with Crippen molar-refractivity contribution in [1.29, 1.82) is 0 Å². The van der Waals surface area contributed by atoms with Crippen LogP contribution in [0.25, 0.3) is 10.8 Å². The van der Waals surface area contributed by atoms with Gasteiger partial charge < -0.3 is 15.1 Å². The van der Waals surface area contributed by atoms with Gasteiger partial charge in [-0.1, -0.05) is 18.2 Å². The molecule has 28 heavy (non-hydrogen) atoms. The maximum atomic E-state index is 12.8. The Bertz CT molecular complexity index is 910. The lowest BCUT2D eigenvalue weighted by Gasteiger charge is -2.12. The van der Waals surface area contributed by atoms with Gasteiger partial charge in [-0.05, 0) is 29.1 Å². The van der Waals surface area contributed by atoms with E-state index in [1.807, 2.05) is 17.5 Å². The van der Waals surface area contributed by atoms with E-state index in [0.717, 1.165) is 17.0 Å². The molecule has 0 aliphatic carbocycles. The fourth-order valence-corrected chi connectivity index (χ4v) is 3.00. The third-order valence-corrected chi connectivity index (χ3v) is 4.52. The number of hydrogen-bond donors (Lipinski definition) is 2. The Balaban J connectivity index is 0.00000280. The first-order valence-corrected chi connectivity index (χ1v) is 8.92. The second-order valence-electron chi connectivity index (χ2n) is 5.60. The van der Waals surface area contributed by atoms with E-state index in [2.05, 4.69) is 20.6 Å². The molecular weight excluding hydrogens is 504 g/mol. The number of nitrogens with zero attached hydrogens (tertiary/aromatic N) is 2. The summed E-state index contributed by atoms with van der Waals surface area (Å²) in [6.45, 7) is 0.583. The van der Waals surface area contributed by atoms with Crippen LogP contribution in [0.3, 0.4) is 0 Å². The summed E-state index contributed by atoms with van der Waals surface area (Å²) < 4.78 is 43.8. The molecule has 0 fully saturated rings. The summed E-state index contributed by atoms with van der Waals surface area (Å²) in [5.41, 5.74) is 0.531. The van der Waals surface area contributed by atoms with Crippen molar-refractivity contribution >= 4 is 41.3 Å². The smallest absolute Gasteiger partial charge is 0.416 e. The van der Waals surface area contributed by atoms with Crippen LogP contribution in [0, 0.1) is 0 Å². The van der Waals surface area contributed by atoms with Crippen LogP contribution in [0.4, 0.5) is 13.2 Å². The summed E-state index contributed by atoms with van der Waals surface area (Å²) in [5, 5.41) is 7.98. The zero-order valence-electron chi connectivity index (χ0n) is 14.8. The minimum Gasteiger partial charge on any atom is -0.443 e. The summed E-state index contributed by atoms with van der Waals surface area (Å²) in [4.78, 5) is 9.39. The molecule has 0 atom stereocenters. The Hall–Kier alpha value is -2.08. The van der Waals surface area contributed by atoms with E-state index >= 15 is 0 Å². The molecule has 2 N–H and O–H groups in total. The van der Waals surface area contributed by atoms with Crippen LogP contribution in [-0.2, 0) is 19.3 Å². The number of nitrogens with one attached hydrogen (secondary N) is 2. The monoisotopic (exact) mass is 522 g/mol. The third kappa shape index (κ3) is 5.96. The maximum absolute atomic E-state index is 12.8. The van der Waals surface area contributed by atoms with E-state index < -0.39 is 11.7 Å². The van der Waals surface area contributed by atoms with Crippen molar-refractivity contribution in [2.24, 2.45) is 4.99 Å². The lowest BCUT2D eigenvalue weighted by atomic mass is 10.1. The number of oxazole rings is 1. The number of rotatable bonds is 5. The standard InChI is InChI=1S/C18H17F3N4OS.HI/c1-22-17(23-9-12-4-2-5-13(8-12)18(19,20)21)24-10-14-11-26-16(25-14)15-6-3-7-27-15;/h2-8,11H,9-10H2,1H3,(H2,22,23,24);1H. The second kappa shape index (κ2) is 9.92. The van der Waals surface area contributed by atoms with Gasteiger partial charge in [0.1, 0.15) is 6.26 Å². The Morgan fingerprint density at radius 1 is 1.18 bits per heavy atom. The molecule has 150 valence electrons. The van der Waals surface area contributed by atoms with E-state index in [0.29, 0.717) is 29.7 Å². The number of aliphatic imine (C=N–C) groups is 1. The Morgan fingerprint density at radius 2 is 1.96 bits per heavy atom. The molecule has 0 aliphatic heterocycles. The second-order valence-corrected chi connectivity index (χ2v) is 6.55. The fraction of sp³-hybridized carbons (Fsp3) is 0.222. The number of benzene rings is 1. The van der Waals surface area contributed by atoms with Crippen molar-refractivity contribution in [2.75, 3.05) is 7.05 Å². The summed E-state index contributed by atoms with van der Waals surface area (Å²) in [6, 6.07) is 9.01. The minimum absolute atomic E-state index is 0. The molecule has 3 aromatic rings. The van der Waals surface area contributed by atoms with Gasteiger partial charge in [0, 0.05) is 13.6 Å². The lowest BCUT2D eigenvalue weighted by Crippen LogP contribution is -2.36. The average molecular weight is 522 g/mol. The van der Waals surface area contributed by atoms with Gasteiger partial charge >= 0.3 is 6.18 Å². The van der Waals surface area contributed by atoms with Crippen LogP contribution in [-0.4, -0.2) is 18.0 Å². The zero-order valence-corrected chi connectivity index (χ0v) is 17.9. The number of hydrogen-bond acceptors (Lipinski definition) is 4. The van der Waals surface area contributed by atoms with Crippen LogP contribution in [0.1, 0.15) is 16.8 Å². The molecule has 1 aromatic carbocycles. The predicted octanol–water partition coefficient (Wildman–Crippen LogP) is 4.91.